The first-order valence-electron chi connectivity index (χ1n) is 3.62. The molecular formula is C7H13NO4S. The summed E-state index contributed by atoms with van der Waals surface area (Å²) >= 11 is 1.38. The molecule has 0 aliphatic carbocycles. The number of oxime groups is 1. The molecule has 13 heavy (non-hydrogen) atoms. The van der Waals surface area contributed by atoms with Gasteiger partial charge in [-0.1, -0.05) is 5.16 Å². The Hall–Kier alpha value is -0.750. The molecular weight excluding hydrogens is 194 g/mol. The summed E-state index contributed by atoms with van der Waals surface area (Å²) in [6.07, 6.45) is 1.80. The summed E-state index contributed by atoms with van der Waals surface area (Å²) in [6, 6.07) is 0. The summed E-state index contributed by atoms with van der Waals surface area (Å²) in [5, 5.41) is 12.1. The average Bonchev–Trinajstić information content (AvgIpc) is 2.10. The smallest absolute Gasteiger partial charge is 0.354 e. The van der Waals surface area contributed by atoms with Crippen LogP contribution in [0.15, 0.2) is 5.16 Å². The maximum absolute atomic E-state index is 10.5. The van der Waals surface area contributed by atoms with Crippen LogP contribution in [0.5, 0.6) is 0 Å². The van der Waals surface area contributed by atoms with E-state index >= 15 is 0 Å². The second kappa shape index (κ2) is 7.88. The SMILES string of the molecule is COCCON=C(CSC)C(=O)O. The zero-order valence-electron chi connectivity index (χ0n) is 7.65. The zero-order valence-corrected chi connectivity index (χ0v) is 8.47. The average molecular weight is 207 g/mol. The molecule has 6 heteroatoms. The van der Waals surface area contributed by atoms with Crippen LogP contribution < -0.4 is 0 Å². The normalized spacial score (nSPS) is 11.4. The van der Waals surface area contributed by atoms with Crippen LogP contribution in [-0.2, 0) is 14.4 Å². The monoisotopic (exact) mass is 207 g/mol. The number of rotatable bonds is 7. The standard InChI is InChI=1S/C7H13NO4S/c1-11-3-4-12-8-6(5-13-2)7(9)10/h3-5H2,1-2H3,(H,9,10). The molecule has 0 atom stereocenters. The van der Waals surface area contributed by atoms with E-state index in [1.54, 1.807) is 6.26 Å². The quantitative estimate of drug-likeness (QED) is 0.373. The predicted octanol–water partition coefficient (Wildman–Crippen LogP) is 0.453. The molecule has 0 saturated carbocycles. The highest BCUT2D eigenvalue weighted by Gasteiger charge is 2.08. The minimum absolute atomic E-state index is 0.0172. The number of carboxylic acid groups (broad SMARTS) is 1. The largest absolute Gasteiger partial charge is 0.477 e. The number of thioether (sulfide) groups is 1. The summed E-state index contributed by atoms with van der Waals surface area (Å²) in [6.45, 7) is 0.664. The molecule has 0 fully saturated rings. The van der Waals surface area contributed by atoms with Crippen molar-refractivity contribution in [3.05, 3.63) is 0 Å². The van der Waals surface area contributed by atoms with Crippen molar-refractivity contribution in [2.75, 3.05) is 32.3 Å². The number of hydrogen-bond acceptors (Lipinski definition) is 5. The van der Waals surface area contributed by atoms with Gasteiger partial charge in [-0.2, -0.15) is 11.8 Å². The van der Waals surface area contributed by atoms with Crippen molar-refractivity contribution in [1.29, 1.82) is 0 Å². The number of methoxy groups -OCH3 is 1. The van der Waals surface area contributed by atoms with Crippen molar-refractivity contribution < 1.29 is 19.5 Å². The van der Waals surface area contributed by atoms with Gasteiger partial charge in [0.2, 0.25) is 0 Å². The molecule has 0 aliphatic rings. The fourth-order valence-corrected chi connectivity index (χ4v) is 0.958. The van der Waals surface area contributed by atoms with Crippen LogP contribution in [0.4, 0.5) is 0 Å². The third-order valence-electron chi connectivity index (χ3n) is 1.08. The lowest BCUT2D eigenvalue weighted by Crippen LogP contribution is -2.16. The van der Waals surface area contributed by atoms with Crippen LogP contribution >= 0.6 is 11.8 Å². The third kappa shape index (κ3) is 6.41. The van der Waals surface area contributed by atoms with E-state index in [1.165, 1.54) is 18.9 Å². The van der Waals surface area contributed by atoms with Crippen LogP contribution in [0, 0.1) is 0 Å². The maximum Gasteiger partial charge on any atom is 0.354 e. The number of aliphatic carboxylic acids is 1. The highest BCUT2D eigenvalue weighted by molar-refractivity contribution is 7.99. The van der Waals surface area contributed by atoms with E-state index in [1.807, 2.05) is 0 Å². The van der Waals surface area contributed by atoms with E-state index in [4.69, 9.17) is 14.7 Å². The maximum atomic E-state index is 10.5. The van der Waals surface area contributed by atoms with Crippen molar-refractivity contribution in [1.82, 2.24) is 0 Å². The van der Waals surface area contributed by atoms with Crippen molar-refractivity contribution in [2.45, 2.75) is 0 Å². The van der Waals surface area contributed by atoms with Crippen LogP contribution in [0.3, 0.4) is 0 Å². The number of carboxylic acids is 1. The van der Waals surface area contributed by atoms with Crippen LogP contribution in [0.2, 0.25) is 0 Å². The highest BCUT2D eigenvalue weighted by Crippen LogP contribution is 1.95. The Morgan fingerprint density at radius 2 is 2.23 bits per heavy atom. The molecule has 0 bridgehead atoms. The van der Waals surface area contributed by atoms with E-state index < -0.39 is 5.97 Å². The van der Waals surface area contributed by atoms with Gasteiger partial charge in [-0.3, -0.25) is 0 Å². The first-order valence-corrected chi connectivity index (χ1v) is 5.01. The summed E-state index contributed by atoms with van der Waals surface area (Å²) in [7, 11) is 1.53. The predicted molar refractivity (Wildman–Crippen MR) is 51.3 cm³/mol. The topological polar surface area (TPSA) is 68.1 Å². The van der Waals surface area contributed by atoms with Gasteiger partial charge in [-0.25, -0.2) is 4.79 Å². The Morgan fingerprint density at radius 1 is 1.54 bits per heavy atom. The highest BCUT2D eigenvalue weighted by atomic mass is 32.2. The van der Waals surface area contributed by atoms with Crippen LogP contribution in [0.1, 0.15) is 0 Å². The van der Waals surface area contributed by atoms with Crippen molar-refractivity contribution in [3.63, 3.8) is 0 Å². The lowest BCUT2D eigenvalue weighted by Gasteiger charge is -2.00. The Kier molecular flexibility index (Phi) is 7.42. The molecule has 0 heterocycles. The van der Waals surface area contributed by atoms with Gasteiger partial charge in [-0.15, -0.1) is 0 Å². The molecule has 0 aliphatic heterocycles. The lowest BCUT2D eigenvalue weighted by molar-refractivity contribution is -0.129. The lowest BCUT2D eigenvalue weighted by atomic mass is 10.4. The van der Waals surface area contributed by atoms with Gasteiger partial charge in [0.15, 0.2) is 5.71 Å². The molecule has 0 amide bonds. The first kappa shape index (κ1) is 12.2. The van der Waals surface area contributed by atoms with Crippen molar-refractivity contribution in [2.24, 2.45) is 5.16 Å². The van der Waals surface area contributed by atoms with Gasteiger partial charge in [0.05, 0.1) is 6.61 Å². The first-order chi connectivity index (χ1) is 6.22. The van der Waals surface area contributed by atoms with Crippen molar-refractivity contribution >= 4 is 23.4 Å². The molecule has 1 N–H and O–H groups in total. The van der Waals surface area contributed by atoms with E-state index in [-0.39, 0.29) is 12.3 Å². The summed E-state index contributed by atoms with van der Waals surface area (Å²) in [5.41, 5.74) is 0.0172. The third-order valence-corrected chi connectivity index (χ3v) is 1.64. The summed E-state index contributed by atoms with van der Waals surface area (Å²) in [5.74, 6) is -0.714. The van der Waals surface area contributed by atoms with Crippen molar-refractivity contribution in [3.8, 4) is 0 Å². The summed E-state index contributed by atoms with van der Waals surface area (Å²) in [4.78, 5) is 15.2. The number of hydrogen-bond donors (Lipinski definition) is 1. The van der Waals surface area contributed by atoms with Gasteiger partial charge in [0, 0.05) is 12.9 Å². The Bertz CT molecular complexity index is 183. The second-order valence-electron chi connectivity index (χ2n) is 2.10. The van der Waals surface area contributed by atoms with Gasteiger partial charge in [0.1, 0.15) is 6.61 Å². The molecule has 0 radical (unpaired) electrons. The van der Waals surface area contributed by atoms with Gasteiger partial charge in [-0.05, 0) is 6.26 Å². The summed E-state index contributed by atoms with van der Waals surface area (Å²) < 4.78 is 4.70. The fourth-order valence-electron chi connectivity index (χ4n) is 0.508. The number of ether oxygens (including phenoxy) is 1. The van der Waals surface area contributed by atoms with Crippen LogP contribution in [0.25, 0.3) is 0 Å². The van der Waals surface area contributed by atoms with E-state index in [0.717, 1.165) is 0 Å². The van der Waals surface area contributed by atoms with E-state index in [0.29, 0.717) is 12.4 Å². The molecule has 0 unspecified atom stereocenters. The molecule has 0 spiro atoms. The minimum Gasteiger partial charge on any atom is -0.477 e. The zero-order chi connectivity index (χ0) is 10.1. The van der Waals surface area contributed by atoms with E-state index in [2.05, 4.69) is 5.16 Å². The number of carbonyl (C=O) groups is 1. The molecule has 0 aromatic carbocycles. The van der Waals surface area contributed by atoms with Gasteiger partial charge < -0.3 is 14.7 Å². The van der Waals surface area contributed by atoms with Gasteiger partial charge >= 0.3 is 5.97 Å². The molecule has 0 aromatic heterocycles. The molecule has 0 aromatic rings. The number of nitrogens with zero attached hydrogens (tertiary/aromatic N) is 1. The molecule has 0 rings (SSSR count). The minimum atomic E-state index is -1.05. The molecule has 76 valence electrons. The second-order valence-corrected chi connectivity index (χ2v) is 2.97. The Labute approximate surface area is 81.1 Å². The Morgan fingerprint density at radius 3 is 2.69 bits per heavy atom. The Balaban J connectivity index is 3.82. The van der Waals surface area contributed by atoms with Gasteiger partial charge in [0.25, 0.3) is 0 Å². The molecule has 0 saturated heterocycles. The fraction of sp³-hybridized carbons (Fsp3) is 0.714. The molecule has 5 nitrogen and oxygen atoms in total. The van der Waals surface area contributed by atoms with E-state index in [9.17, 15) is 4.79 Å². The van der Waals surface area contributed by atoms with Crippen LogP contribution in [-0.4, -0.2) is 49.1 Å².